The van der Waals surface area contributed by atoms with Crippen LogP contribution in [0.3, 0.4) is 0 Å². The Labute approximate surface area is 118 Å². The summed E-state index contributed by atoms with van der Waals surface area (Å²) >= 11 is 2.28. The van der Waals surface area contributed by atoms with Gasteiger partial charge in [-0.15, -0.1) is 5.92 Å². The van der Waals surface area contributed by atoms with Crippen LogP contribution in [0.4, 0.5) is 0 Å². The highest BCUT2D eigenvalue weighted by Gasteiger charge is 2.22. The van der Waals surface area contributed by atoms with E-state index in [1.54, 1.807) is 0 Å². The molecule has 0 saturated heterocycles. The van der Waals surface area contributed by atoms with Crippen molar-refractivity contribution in [1.29, 1.82) is 0 Å². The van der Waals surface area contributed by atoms with Gasteiger partial charge in [0.2, 0.25) is 0 Å². The molecule has 0 heterocycles. The summed E-state index contributed by atoms with van der Waals surface area (Å²) < 4.78 is 0. The molecule has 2 saturated carbocycles. The molecule has 18 heavy (non-hydrogen) atoms. The highest BCUT2D eigenvalue weighted by Crippen LogP contribution is 2.35. The molecular formula is C17H28S. The van der Waals surface area contributed by atoms with Gasteiger partial charge in [-0.25, -0.2) is 0 Å². The third-order valence-electron chi connectivity index (χ3n) is 4.39. The van der Waals surface area contributed by atoms with Gasteiger partial charge in [-0.2, -0.15) is 11.8 Å². The van der Waals surface area contributed by atoms with Crippen molar-refractivity contribution in [3.8, 4) is 11.8 Å². The second-order valence-corrected chi connectivity index (χ2v) is 7.33. The Kier molecular flexibility index (Phi) is 6.49. The van der Waals surface area contributed by atoms with E-state index < -0.39 is 0 Å². The Morgan fingerprint density at radius 3 is 2.61 bits per heavy atom. The zero-order valence-corrected chi connectivity index (χ0v) is 12.7. The van der Waals surface area contributed by atoms with Crippen LogP contribution in [-0.4, -0.2) is 11.0 Å². The molecule has 0 aliphatic heterocycles. The minimum absolute atomic E-state index is 0.718. The van der Waals surface area contributed by atoms with Crippen molar-refractivity contribution in [3.05, 3.63) is 0 Å². The molecule has 0 nitrogen and oxygen atoms in total. The Balaban J connectivity index is 1.68. The average molecular weight is 264 g/mol. The fourth-order valence-corrected chi connectivity index (χ4v) is 4.84. The largest absolute Gasteiger partial charge is 0.158 e. The molecule has 2 atom stereocenters. The van der Waals surface area contributed by atoms with E-state index in [0.717, 1.165) is 23.5 Å². The lowest BCUT2D eigenvalue weighted by molar-refractivity contribution is 0.337. The van der Waals surface area contributed by atoms with E-state index in [9.17, 15) is 0 Å². The van der Waals surface area contributed by atoms with Crippen molar-refractivity contribution in [2.75, 3.05) is 5.75 Å². The predicted molar refractivity (Wildman–Crippen MR) is 82.8 cm³/mol. The first-order valence-electron chi connectivity index (χ1n) is 7.98. The predicted octanol–water partition coefficient (Wildman–Crippen LogP) is 5.27. The Bertz CT molecular complexity index is 280. The van der Waals surface area contributed by atoms with Crippen LogP contribution in [-0.2, 0) is 0 Å². The van der Waals surface area contributed by atoms with Gasteiger partial charge in [0, 0.05) is 17.6 Å². The van der Waals surface area contributed by atoms with E-state index in [1.165, 1.54) is 63.5 Å². The maximum absolute atomic E-state index is 3.48. The quantitative estimate of drug-likeness (QED) is 0.626. The summed E-state index contributed by atoms with van der Waals surface area (Å²) in [5.74, 6) is 9.86. The lowest BCUT2D eigenvalue weighted by Gasteiger charge is -2.28. The van der Waals surface area contributed by atoms with Crippen LogP contribution in [0.1, 0.15) is 71.1 Å². The molecule has 0 amide bonds. The van der Waals surface area contributed by atoms with Crippen molar-refractivity contribution in [3.63, 3.8) is 0 Å². The molecule has 1 heteroatoms. The minimum atomic E-state index is 0.718. The summed E-state index contributed by atoms with van der Waals surface area (Å²) in [6, 6.07) is 0. The van der Waals surface area contributed by atoms with Gasteiger partial charge in [0.15, 0.2) is 0 Å². The molecule has 2 aliphatic rings. The second kappa shape index (κ2) is 8.16. The van der Waals surface area contributed by atoms with Gasteiger partial charge in [-0.1, -0.05) is 38.5 Å². The van der Waals surface area contributed by atoms with Crippen LogP contribution < -0.4 is 0 Å². The van der Waals surface area contributed by atoms with E-state index in [0.29, 0.717) is 0 Å². The number of hydrogen-bond acceptors (Lipinski definition) is 1. The van der Waals surface area contributed by atoms with Crippen LogP contribution in [0.2, 0.25) is 0 Å². The molecule has 2 unspecified atom stereocenters. The number of hydrogen-bond donors (Lipinski definition) is 0. The molecule has 2 rings (SSSR count). The normalized spacial score (nSPS) is 29.6. The summed E-state index contributed by atoms with van der Waals surface area (Å²) in [5, 5.41) is 0.987. The van der Waals surface area contributed by atoms with Crippen molar-refractivity contribution in [2.24, 2.45) is 11.8 Å². The average Bonchev–Trinajstić information content (AvgIpc) is 2.44. The van der Waals surface area contributed by atoms with E-state index in [-0.39, 0.29) is 0 Å². The van der Waals surface area contributed by atoms with Gasteiger partial charge in [-0.05, 0) is 43.8 Å². The number of rotatable bonds is 3. The molecule has 2 fully saturated rings. The van der Waals surface area contributed by atoms with E-state index in [1.807, 2.05) is 0 Å². The molecular weight excluding hydrogens is 236 g/mol. The van der Waals surface area contributed by atoms with Gasteiger partial charge < -0.3 is 0 Å². The highest BCUT2D eigenvalue weighted by atomic mass is 32.2. The summed E-state index contributed by atoms with van der Waals surface area (Å²) in [6.45, 7) is 2.16. The third kappa shape index (κ3) is 4.88. The lowest BCUT2D eigenvalue weighted by atomic mass is 9.83. The smallest absolute Gasteiger partial charge is 0.0205 e. The van der Waals surface area contributed by atoms with Crippen LogP contribution in [0.5, 0.6) is 0 Å². The van der Waals surface area contributed by atoms with Crippen LogP contribution in [0, 0.1) is 23.7 Å². The number of thioether (sulfide) groups is 1. The fourth-order valence-electron chi connectivity index (χ4n) is 3.32. The van der Waals surface area contributed by atoms with Gasteiger partial charge >= 0.3 is 0 Å². The Morgan fingerprint density at radius 2 is 1.83 bits per heavy atom. The van der Waals surface area contributed by atoms with Crippen LogP contribution >= 0.6 is 11.8 Å². The van der Waals surface area contributed by atoms with Gasteiger partial charge in [0.25, 0.3) is 0 Å². The van der Waals surface area contributed by atoms with Crippen LogP contribution in [0.15, 0.2) is 0 Å². The van der Waals surface area contributed by atoms with E-state index >= 15 is 0 Å². The van der Waals surface area contributed by atoms with Crippen molar-refractivity contribution in [2.45, 2.75) is 76.4 Å². The molecule has 0 bridgehead atoms. The SMILES string of the molecule is CCC#CC1CCCC(CSC2CCCCC2)C1. The minimum Gasteiger partial charge on any atom is -0.158 e. The highest BCUT2D eigenvalue weighted by molar-refractivity contribution is 7.99. The first kappa shape index (κ1) is 14.3. The summed E-state index contributed by atoms with van der Waals surface area (Å²) in [4.78, 5) is 0. The molecule has 2 aliphatic carbocycles. The van der Waals surface area contributed by atoms with Crippen LogP contribution in [0.25, 0.3) is 0 Å². The fraction of sp³-hybridized carbons (Fsp3) is 0.882. The lowest BCUT2D eigenvalue weighted by Crippen LogP contribution is -2.18. The summed E-state index contributed by atoms with van der Waals surface area (Å²) in [7, 11) is 0. The molecule has 102 valence electrons. The maximum Gasteiger partial charge on any atom is 0.0205 e. The zero-order chi connectivity index (χ0) is 12.6. The molecule has 0 aromatic rings. The first-order valence-corrected chi connectivity index (χ1v) is 9.03. The van der Waals surface area contributed by atoms with E-state index in [2.05, 4.69) is 30.5 Å². The van der Waals surface area contributed by atoms with Crippen molar-refractivity contribution >= 4 is 11.8 Å². The van der Waals surface area contributed by atoms with Crippen molar-refractivity contribution in [1.82, 2.24) is 0 Å². The first-order chi connectivity index (χ1) is 8.88. The monoisotopic (exact) mass is 264 g/mol. The zero-order valence-electron chi connectivity index (χ0n) is 11.9. The van der Waals surface area contributed by atoms with Crippen molar-refractivity contribution < 1.29 is 0 Å². The van der Waals surface area contributed by atoms with E-state index in [4.69, 9.17) is 0 Å². The molecule has 0 spiro atoms. The summed E-state index contributed by atoms with van der Waals surface area (Å²) in [5.41, 5.74) is 0. The molecule has 0 aromatic carbocycles. The molecule has 0 aromatic heterocycles. The molecule has 0 radical (unpaired) electrons. The Morgan fingerprint density at radius 1 is 1.00 bits per heavy atom. The summed E-state index contributed by atoms with van der Waals surface area (Å²) in [6.07, 6.45) is 14.0. The Hall–Kier alpha value is -0.0900. The topological polar surface area (TPSA) is 0 Å². The molecule has 0 N–H and O–H groups in total. The van der Waals surface area contributed by atoms with Gasteiger partial charge in [0.1, 0.15) is 0 Å². The standard InChI is InChI=1S/C17H28S/c1-2-3-8-15-9-7-10-16(13-15)14-18-17-11-5-4-6-12-17/h15-17H,2,4-7,9-14H2,1H3. The third-order valence-corrected chi connectivity index (χ3v) is 5.99. The van der Waals surface area contributed by atoms with Gasteiger partial charge in [-0.3, -0.25) is 0 Å². The van der Waals surface area contributed by atoms with Gasteiger partial charge in [0.05, 0.1) is 0 Å². The maximum atomic E-state index is 3.48. The second-order valence-electron chi connectivity index (χ2n) is 6.00.